The maximum Gasteiger partial charge on any atom is 0.225 e. The molecule has 5 nitrogen and oxygen atoms in total. The summed E-state index contributed by atoms with van der Waals surface area (Å²) in [6.45, 7) is 9.58. The minimum Gasteiger partial charge on any atom is -0.372 e. The fourth-order valence-corrected chi connectivity index (χ4v) is 5.08. The zero-order valence-corrected chi connectivity index (χ0v) is 22.5. The number of likely N-dealkylation sites (N-methyl/N-ethyl adjacent to an activating group) is 1. The Morgan fingerprint density at radius 2 is 1.83 bits per heavy atom. The van der Waals surface area contributed by atoms with Crippen molar-refractivity contribution in [1.82, 2.24) is 10.2 Å². The number of para-hydroxylation sites is 1. The predicted molar refractivity (Wildman–Crippen MR) is 142 cm³/mol. The minimum absolute atomic E-state index is 0.0832. The molecule has 0 bridgehead atoms. The molecular weight excluding hydrogens is 488 g/mol. The number of halogens is 3. The fourth-order valence-electron chi connectivity index (χ4n) is 4.59. The maximum atomic E-state index is 15.1. The van der Waals surface area contributed by atoms with Crippen molar-refractivity contribution in [3.8, 4) is 0 Å². The van der Waals surface area contributed by atoms with Gasteiger partial charge in [-0.05, 0) is 43.1 Å². The zero-order chi connectivity index (χ0) is 25.5. The van der Waals surface area contributed by atoms with Gasteiger partial charge in [0.1, 0.15) is 5.82 Å². The number of hydrogen-bond donors (Lipinski definition) is 1. The Bertz CT molecular complexity index is 996. The van der Waals surface area contributed by atoms with E-state index in [1.54, 1.807) is 18.2 Å². The Morgan fingerprint density at radius 1 is 1.11 bits per heavy atom. The Labute approximate surface area is 218 Å². The molecule has 0 aromatic heterocycles. The average molecular weight is 525 g/mol. The van der Waals surface area contributed by atoms with Crippen molar-refractivity contribution in [3.63, 3.8) is 0 Å². The van der Waals surface area contributed by atoms with Crippen LogP contribution in [0.3, 0.4) is 0 Å². The van der Waals surface area contributed by atoms with Crippen LogP contribution in [0.5, 0.6) is 0 Å². The molecule has 1 aliphatic heterocycles. The SMILES string of the molecule is CNCCOC(c1cccc(F)c1N1CCN(C(=O)[C@H](C)Cc2ccc(Cl)cc2Cl)CC1)C(C)C. The number of ether oxygens (including phenoxy) is 1. The molecule has 192 valence electrons. The van der Waals surface area contributed by atoms with E-state index in [2.05, 4.69) is 19.2 Å². The molecule has 1 heterocycles. The number of rotatable bonds is 10. The van der Waals surface area contributed by atoms with Crippen molar-refractivity contribution in [1.29, 1.82) is 0 Å². The van der Waals surface area contributed by atoms with E-state index in [9.17, 15) is 4.79 Å². The molecule has 1 N–H and O–H groups in total. The zero-order valence-electron chi connectivity index (χ0n) is 21.0. The summed E-state index contributed by atoms with van der Waals surface area (Å²) in [5.41, 5.74) is 2.36. The number of nitrogens with zero attached hydrogens (tertiary/aromatic N) is 2. The molecule has 0 spiro atoms. The Hall–Kier alpha value is -1.86. The molecule has 2 atom stereocenters. The molecule has 1 amide bonds. The molecule has 1 aliphatic rings. The molecule has 1 unspecified atom stereocenters. The first kappa shape index (κ1) is 27.7. The van der Waals surface area contributed by atoms with Crippen molar-refractivity contribution in [2.75, 3.05) is 51.3 Å². The van der Waals surface area contributed by atoms with Crippen LogP contribution in [0.25, 0.3) is 0 Å². The normalized spacial score (nSPS) is 16.0. The van der Waals surface area contributed by atoms with Crippen LogP contribution in [-0.2, 0) is 16.0 Å². The van der Waals surface area contributed by atoms with Gasteiger partial charge in [-0.1, -0.05) is 62.2 Å². The first-order valence-electron chi connectivity index (χ1n) is 12.2. The summed E-state index contributed by atoms with van der Waals surface area (Å²) in [7, 11) is 1.88. The molecule has 2 aromatic carbocycles. The Kier molecular flexibility index (Phi) is 10.2. The average Bonchev–Trinajstić information content (AvgIpc) is 2.83. The summed E-state index contributed by atoms with van der Waals surface area (Å²) in [6, 6.07) is 10.6. The van der Waals surface area contributed by atoms with Crippen LogP contribution in [0.1, 0.15) is 38.0 Å². The maximum absolute atomic E-state index is 15.1. The van der Waals surface area contributed by atoms with Gasteiger partial charge in [-0.15, -0.1) is 0 Å². The van der Waals surface area contributed by atoms with E-state index in [-0.39, 0.29) is 29.7 Å². The van der Waals surface area contributed by atoms with E-state index in [4.69, 9.17) is 27.9 Å². The van der Waals surface area contributed by atoms with Gasteiger partial charge in [-0.3, -0.25) is 4.79 Å². The third-order valence-corrected chi connectivity index (χ3v) is 7.04. The largest absolute Gasteiger partial charge is 0.372 e. The monoisotopic (exact) mass is 523 g/mol. The minimum atomic E-state index is -0.254. The summed E-state index contributed by atoms with van der Waals surface area (Å²) in [5, 5.41) is 4.24. The van der Waals surface area contributed by atoms with Gasteiger partial charge in [0.15, 0.2) is 0 Å². The van der Waals surface area contributed by atoms with Crippen LogP contribution < -0.4 is 10.2 Å². The Balaban J connectivity index is 1.68. The van der Waals surface area contributed by atoms with E-state index < -0.39 is 0 Å². The van der Waals surface area contributed by atoms with Gasteiger partial charge in [0.2, 0.25) is 5.91 Å². The third kappa shape index (κ3) is 7.10. The van der Waals surface area contributed by atoms with Crippen LogP contribution in [-0.4, -0.2) is 57.2 Å². The molecule has 8 heteroatoms. The number of hydrogen-bond acceptors (Lipinski definition) is 4. The number of carbonyl (C=O) groups excluding carboxylic acids is 1. The number of carbonyl (C=O) groups is 1. The molecule has 0 radical (unpaired) electrons. The highest BCUT2D eigenvalue weighted by Crippen LogP contribution is 2.36. The summed E-state index contributed by atoms with van der Waals surface area (Å²) < 4.78 is 21.3. The van der Waals surface area contributed by atoms with Gasteiger partial charge < -0.3 is 19.9 Å². The van der Waals surface area contributed by atoms with E-state index in [1.807, 2.05) is 35.9 Å². The van der Waals surface area contributed by atoms with Crippen LogP contribution in [0.4, 0.5) is 10.1 Å². The second-order valence-corrected chi connectivity index (χ2v) is 10.3. The summed E-state index contributed by atoms with van der Waals surface area (Å²) >= 11 is 12.3. The van der Waals surface area contributed by atoms with E-state index >= 15 is 4.39 Å². The van der Waals surface area contributed by atoms with E-state index in [0.717, 1.165) is 17.7 Å². The molecule has 0 saturated carbocycles. The van der Waals surface area contributed by atoms with Crippen molar-refractivity contribution in [3.05, 3.63) is 63.4 Å². The lowest BCUT2D eigenvalue weighted by molar-refractivity contribution is -0.135. The summed E-state index contributed by atoms with van der Waals surface area (Å²) in [6.07, 6.45) is 0.338. The molecule has 35 heavy (non-hydrogen) atoms. The van der Waals surface area contributed by atoms with Gasteiger partial charge in [0, 0.05) is 54.3 Å². The second-order valence-electron chi connectivity index (χ2n) is 9.47. The highest BCUT2D eigenvalue weighted by Gasteiger charge is 2.30. The van der Waals surface area contributed by atoms with E-state index in [1.165, 1.54) is 6.07 Å². The van der Waals surface area contributed by atoms with Crippen molar-refractivity contribution >= 4 is 34.8 Å². The molecule has 3 rings (SSSR count). The molecule has 2 aromatic rings. The quantitative estimate of drug-likeness (QED) is 0.412. The summed E-state index contributed by atoms with van der Waals surface area (Å²) in [4.78, 5) is 17.1. The molecule has 1 fully saturated rings. The molecule has 0 aliphatic carbocycles. The van der Waals surface area contributed by atoms with Crippen molar-refractivity contribution < 1.29 is 13.9 Å². The lowest BCUT2D eigenvalue weighted by atomic mass is 9.96. The molecule has 1 saturated heterocycles. The van der Waals surface area contributed by atoms with Gasteiger partial charge in [0.25, 0.3) is 0 Å². The number of nitrogens with one attached hydrogen (secondary N) is 1. The second kappa shape index (κ2) is 12.9. The van der Waals surface area contributed by atoms with Crippen LogP contribution in [0, 0.1) is 17.7 Å². The lowest BCUT2D eigenvalue weighted by Crippen LogP contribution is -2.50. The van der Waals surface area contributed by atoms with Crippen LogP contribution in [0.15, 0.2) is 36.4 Å². The number of anilines is 1. The highest BCUT2D eigenvalue weighted by atomic mass is 35.5. The highest BCUT2D eigenvalue weighted by molar-refractivity contribution is 6.35. The lowest BCUT2D eigenvalue weighted by Gasteiger charge is -2.39. The smallest absolute Gasteiger partial charge is 0.225 e. The fraction of sp³-hybridized carbons (Fsp3) is 0.519. The first-order valence-corrected chi connectivity index (χ1v) is 13.0. The van der Waals surface area contributed by atoms with Gasteiger partial charge in [-0.25, -0.2) is 4.39 Å². The number of benzene rings is 2. The van der Waals surface area contributed by atoms with E-state index in [0.29, 0.717) is 54.9 Å². The van der Waals surface area contributed by atoms with Crippen molar-refractivity contribution in [2.24, 2.45) is 11.8 Å². The standard InChI is InChI=1S/C27H36Cl2FN3O2/c1-18(2)26(35-15-10-31-4)22-6-5-7-24(30)25(22)32-11-13-33(14-12-32)27(34)19(3)16-20-8-9-21(28)17-23(20)29/h5-9,17-19,26,31H,10-16H2,1-4H3/t19-,26?/m1/s1. The summed E-state index contributed by atoms with van der Waals surface area (Å²) in [5.74, 6) is -0.193. The first-order chi connectivity index (χ1) is 16.7. The van der Waals surface area contributed by atoms with Gasteiger partial charge in [0.05, 0.1) is 18.4 Å². The Morgan fingerprint density at radius 3 is 2.46 bits per heavy atom. The topological polar surface area (TPSA) is 44.8 Å². The van der Waals surface area contributed by atoms with Crippen LogP contribution in [0.2, 0.25) is 10.0 Å². The van der Waals surface area contributed by atoms with Gasteiger partial charge >= 0.3 is 0 Å². The third-order valence-electron chi connectivity index (χ3n) is 6.45. The number of amides is 1. The number of piperazine rings is 1. The predicted octanol–water partition coefficient (Wildman–Crippen LogP) is 5.59. The van der Waals surface area contributed by atoms with Crippen LogP contribution >= 0.6 is 23.2 Å². The molecular formula is C27H36Cl2FN3O2. The van der Waals surface area contributed by atoms with Crippen molar-refractivity contribution in [2.45, 2.75) is 33.3 Å². The van der Waals surface area contributed by atoms with Gasteiger partial charge in [-0.2, -0.15) is 0 Å².